The van der Waals surface area contributed by atoms with Gasteiger partial charge in [0.25, 0.3) is 0 Å². The van der Waals surface area contributed by atoms with E-state index in [0.717, 1.165) is 59.1 Å². The molecule has 6 rings (SSSR count). The first-order valence-corrected chi connectivity index (χ1v) is 22.9. The molecule has 1 aliphatic heterocycles. The standard InChI is InChI=1S/C40H42O2Si2/c1-43(2,3)24-20-34-14-10-12-32(26-34)16-18-36-28-39-31-42-40(22-8-7-9-23-40)41-30-38(36,39)29-37(39)19-17-33-13-11-15-35(27-33)21-25-44(4,5)6/h10-15,26-29H,7-9,22-23,30-31H2,1-6H3/t38-,39-/m1/s1. The van der Waals surface area contributed by atoms with Gasteiger partial charge in [-0.05, 0) is 49.2 Å². The van der Waals surface area contributed by atoms with Gasteiger partial charge >= 0.3 is 0 Å². The first kappa shape index (κ1) is 30.5. The van der Waals surface area contributed by atoms with Crippen LogP contribution in [0.1, 0.15) is 54.4 Å². The van der Waals surface area contributed by atoms with E-state index in [0.29, 0.717) is 13.2 Å². The van der Waals surface area contributed by atoms with Crippen molar-refractivity contribution in [3.05, 3.63) is 94.1 Å². The van der Waals surface area contributed by atoms with Crippen molar-refractivity contribution in [1.29, 1.82) is 0 Å². The van der Waals surface area contributed by atoms with Gasteiger partial charge < -0.3 is 9.47 Å². The Hall–Kier alpha value is -3.49. The third kappa shape index (κ3) is 6.20. The molecule has 4 heteroatoms. The van der Waals surface area contributed by atoms with Gasteiger partial charge in [-0.1, -0.05) is 106 Å². The molecular weight excluding hydrogens is 569 g/mol. The average molecular weight is 611 g/mol. The normalized spacial score (nSPS) is 24.6. The summed E-state index contributed by atoms with van der Waals surface area (Å²) in [6.45, 7) is 14.8. The molecule has 0 aromatic heterocycles. The molecule has 0 amide bonds. The molecule has 2 atom stereocenters. The SMILES string of the molecule is C[Si](C)(C)C#Cc1cccc(C#CC2=C[C@]34COC5(CCCCC5)OC[C@]23C=C4C#Cc2cccc(C#C[Si](C)(C)C)c2)c1. The molecule has 1 heterocycles. The second-order valence-corrected chi connectivity index (χ2v) is 24.3. The lowest BCUT2D eigenvalue weighted by Crippen LogP contribution is -2.59. The second-order valence-electron chi connectivity index (χ2n) is 14.8. The van der Waals surface area contributed by atoms with Crippen LogP contribution in [0, 0.1) is 57.4 Å². The van der Waals surface area contributed by atoms with Gasteiger partial charge in [0.1, 0.15) is 16.1 Å². The van der Waals surface area contributed by atoms with Gasteiger partial charge in [0.2, 0.25) is 0 Å². The van der Waals surface area contributed by atoms with Gasteiger partial charge in [0.05, 0.1) is 24.0 Å². The van der Waals surface area contributed by atoms with E-state index >= 15 is 0 Å². The Kier molecular flexibility index (Phi) is 7.95. The summed E-state index contributed by atoms with van der Waals surface area (Å²) in [5.74, 6) is 20.2. The molecule has 0 radical (unpaired) electrons. The topological polar surface area (TPSA) is 18.5 Å². The lowest BCUT2D eigenvalue weighted by atomic mass is 9.41. The number of benzene rings is 2. The molecule has 2 aromatic carbocycles. The van der Waals surface area contributed by atoms with Crippen LogP contribution in [0.4, 0.5) is 0 Å². The van der Waals surface area contributed by atoms with Crippen molar-refractivity contribution in [2.75, 3.05) is 13.2 Å². The fraction of sp³-hybridized carbons (Fsp3) is 0.400. The highest BCUT2D eigenvalue weighted by Gasteiger charge is 2.68. The molecule has 1 spiro atoms. The van der Waals surface area contributed by atoms with E-state index in [1.54, 1.807) is 0 Å². The molecule has 222 valence electrons. The van der Waals surface area contributed by atoms with Crippen molar-refractivity contribution in [3.8, 4) is 46.6 Å². The average Bonchev–Trinajstić information content (AvgIpc) is 3.03. The Morgan fingerprint density at radius 2 is 0.955 bits per heavy atom. The van der Waals surface area contributed by atoms with E-state index in [2.05, 4.69) is 134 Å². The van der Waals surface area contributed by atoms with Crippen LogP contribution in [0.2, 0.25) is 39.3 Å². The Morgan fingerprint density at radius 1 is 0.545 bits per heavy atom. The van der Waals surface area contributed by atoms with Gasteiger partial charge in [0, 0.05) is 46.2 Å². The summed E-state index contributed by atoms with van der Waals surface area (Å²) in [4.78, 5) is 0. The minimum atomic E-state index is -1.45. The van der Waals surface area contributed by atoms with E-state index in [-0.39, 0.29) is 10.8 Å². The fourth-order valence-electron chi connectivity index (χ4n) is 6.34. The van der Waals surface area contributed by atoms with Crippen molar-refractivity contribution in [2.45, 2.75) is 77.2 Å². The van der Waals surface area contributed by atoms with Gasteiger partial charge in [0.15, 0.2) is 5.79 Å². The van der Waals surface area contributed by atoms with E-state index < -0.39 is 21.9 Å². The molecule has 2 fully saturated rings. The van der Waals surface area contributed by atoms with Crippen molar-refractivity contribution in [3.63, 3.8) is 0 Å². The summed E-state index contributed by atoms with van der Waals surface area (Å²) < 4.78 is 13.4. The highest BCUT2D eigenvalue weighted by atomic mass is 28.3. The van der Waals surface area contributed by atoms with Crippen LogP contribution in [-0.2, 0) is 9.47 Å². The number of rotatable bonds is 0. The van der Waals surface area contributed by atoms with Crippen LogP contribution < -0.4 is 0 Å². The monoisotopic (exact) mass is 610 g/mol. The Bertz CT molecular complexity index is 1670. The van der Waals surface area contributed by atoms with Gasteiger partial charge in [-0.25, -0.2) is 0 Å². The summed E-state index contributed by atoms with van der Waals surface area (Å²) in [7, 11) is -2.89. The highest BCUT2D eigenvalue weighted by molar-refractivity contribution is 6.84. The Morgan fingerprint density at radius 3 is 1.36 bits per heavy atom. The lowest BCUT2D eigenvalue weighted by molar-refractivity contribution is -0.244. The van der Waals surface area contributed by atoms with Gasteiger partial charge in [-0.15, -0.1) is 11.1 Å². The van der Waals surface area contributed by atoms with E-state index in [1.165, 1.54) is 6.42 Å². The molecule has 4 aliphatic rings. The third-order valence-corrected chi connectivity index (χ3v) is 10.6. The molecule has 44 heavy (non-hydrogen) atoms. The first-order valence-electron chi connectivity index (χ1n) is 15.9. The predicted octanol–water partition coefficient (Wildman–Crippen LogP) is 8.11. The smallest absolute Gasteiger partial charge is 0.168 e. The largest absolute Gasteiger partial charge is 0.349 e. The second kappa shape index (κ2) is 11.5. The maximum atomic E-state index is 6.68. The summed E-state index contributed by atoms with van der Waals surface area (Å²) in [5, 5.41) is 0. The summed E-state index contributed by atoms with van der Waals surface area (Å²) >= 11 is 0. The van der Waals surface area contributed by atoms with Gasteiger partial charge in [-0.2, -0.15) is 0 Å². The maximum Gasteiger partial charge on any atom is 0.168 e. The molecular formula is C40H42O2Si2. The molecule has 0 unspecified atom stereocenters. The maximum absolute atomic E-state index is 6.68. The van der Waals surface area contributed by atoms with Crippen molar-refractivity contribution in [1.82, 2.24) is 0 Å². The quantitative estimate of drug-likeness (QED) is 0.222. The third-order valence-electron chi connectivity index (χ3n) is 8.85. The molecule has 0 N–H and O–H groups in total. The van der Waals surface area contributed by atoms with Crippen LogP contribution in [0.25, 0.3) is 0 Å². The first-order chi connectivity index (χ1) is 20.9. The molecule has 1 saturated heterocycles. The van der Waals surface area contributed by atoms with Crippen molar-refractivity contribution >= 4 is 16.1 Å². The summed E-state index contributed by atoms with van der Waals surface area (Å²) in [6.07, 6.45) is 10.1. The molecule has 1 saturated carbocycles. The summed E-state index contributed by atoms with van der Waals surface area (Å²) in [5.41, 5.74) is 12.6. The fourth-order valence-corrected chi connectivity index (χ4v) is 7.38. The number of hydrogen-bond acceptors (Lipinski definition) is 2. The zero-order chi connectivity index (χ0) is 31.1. The zero-order valence-electron chi connectivity index (χ0n) is 27.0. The van der Waals surface area contributed by atoms with Crippen LogP contribution in [0.3, 0.4) is 0 Å². The van der Waals surface area contributed by atoms with E-state index in [4.69, 9.17) is 9.47 Å². The summed E-state index contributed by atoms with van der Waals surface area (Å²) in [6, 6.07) is 16.6. The number of hydrogen-bond donors (Lipinski definition) is 0. The minimum Gasteiger partial charge on any atom is -0.349 e. The zero-order valence-corrected chi connectivity index (χ0v) is 29.0. The van der Waals surface area contributed by atoms with E-state index in [9.17, 15) is 0 Å². The predicted molar refractivity (Wildman–Crippen MR) is 186 cm³/mol. The minimum absolute atomic E-state index is 0.287. The van der Waals surface area contributed by atoms with Crippen LogP contribution in [0.15, 0.2) is 71.8 Å². The van der Waals surface area contributed by atoms with Crippen LogP contribution in [-0.4, -0.2) is 35.1 Å². The molecule has 2 aromatic rings. The Labute approximate surface area is 266 Å². The van der Waals surface area contributed by atoms with Crippen molar-refractivity contribution in [2.24, 2.45) is 10.8 Å². The molecule has 3 aliphatic carbocycles. The van der Waals surface area contributed by atoms with Gasteiger partial charge in [-0.3, -0.25) is 0 Å². The highest BCUT2D eigenvalue weighted by Crippen LogP contribution is 2.69. The Balaban J connectivity index is 1.29. The van der Waals surface area contributed by atoms with Crippen molar-refractivity contribution < 1.29 is 9.47 Å². The number of ether oxygens (including phenoxy) is 2. The lowest BCUT2D eigenvalue weighted by Gasteiger charge is -2.60. The van der Waals surface area contributed by atoms with Crippen LogP contribution >= 0.6 is 0 Å². The van der Waals surface area contributed by atoms with E-state index in [1.807, 2.05) is 12.1 Å². The molecule has 2 nitrogen and oxygen atoms in total. The van der Waals surface area contributed by atoms with Crippen LogP contribution in [0.5, 0.6) is 0 Å². The molecule has 0 bridgehead atoms.